The summed E-state index contributed by atoms with van der Waals surface area (Å²) in [7, 11) is 1.90. The molecule has 5 heteroatoms. The van der Waals surface area contributed by atoms with Crippen molar-refractivity contribution in [3.63, 3.8) is 0 Å². The van der Waals surface area contributed by atoms with Crippen molar-refractivity contribution in [2.75, 3.05) is 5.73 Å². The number of aromatic nitrogens is 4. The number of nitrogens with zero attached hydrogens (tertiary/aromatic N) is 4. The van der Waals surface area contributed by atoms with E-state index in [4.69, 9.17) is 17.1 Å². The van der Waals surface area contributed by atoms with E-state index < -0.39 is 0 Å². The predicted molar refractivity (Wildman–Crippen MR) is 74.4 cm³/mol. The summed E-state index contributed by atoms with van der Waals surface area (Å²) in [5, 5.41) is 4.35. The average Bonchev–Trinajstić information content (AvgIpc) is 3.08. The van der Waals surface area contributed by atoms with E-state index in [1.165, 1.54) is 12.8 Å². The van der Waals surface area contributed by atoms with Crippen LogP contribution in [0.15, 0.2) is 6.20 Å². The standard InChI is InChI=1S/C14H17N5/c1-4-7-19-13(15)12(16-14(19)10-5-6-10)11-8-18(3)17-9(11)2/h1,8,10H,5-7,15H2,2-3H3. The number of nitrogen functional groups attached to an aromatic ring is 1. The normalized spacial score (nSPS) is 14.6. The van der Waals surface area contributed by atoms with Crippen molar-refractivity contribution >= 4 is 5.82 Å². The summed E-state index contributed by atoms with van der Waals surface area (Å²) in [4.78, 5) is 4.72. The van der Waals surface area contributed by atoms with E-state index in [-0.39, 0.29) is 0 Å². The van der Waals surface area contributed by atoms with Gasteiger partial charge in [0.05, 0.1) is 12.2 Å². The number of rotatable bonds is 3. The first-order valence-electron chi connectivity index (χ1n) is 6.41. The zero-order valence-corrected chi connectivity index (χ0v) is 11.2. The molecule has 1 fully saturated rings. The maximum Gasteiger partial charge on any atom is 0.132 e. The van der Waals surface area contributed by atoms with E-state index in [0.717, 1.165) is 22.8 Å². The van der Waals surface area contributed by atoms with Gasteiger partial charge in [-0.1, -0.05) is 5.92 Å². The van der Waals surface area contributed by atoms with E-state index in [9.17, 15) is 0 Å². The molecule has 0 aliphatic heterocycles. The summed E-state index contributed by atoms with van der Waals surface area (Å²) in [6.07, 6.45) is 9.73. The molecule has 0 aromatic carbocycles. The molecule has 0 unspecified atom stereocenters. The molecule has 0 bridgehead atoms. The third kappa shape index (κ3) is 1.89. The zero-order valence-electron chi connectivity index (χ0n) is 11.2. The number of terminal acetylenes is 1. The van der Waals surface area contributed by atoms with Crippen molar-refractivity contribution in [1.29, 1.82) is 0 Å². The summed E-state index contributed by atoms with van der Waals surface area (Å²) in [5.74, 6) is 4.84. The number of imidazole rings is 1. The summed E-state index contributed by atoms with van der Waals surface area (Å²) < 4.78 is 3.74. The van der Waals surface area contributed by atoms with Crippen molar-refractivity contribution in [1.82, 2.24) is 19.3 Å². The van der Waals surface area contributed by atoms with Gasteiger partial charge in [0.1, 0.15) is 17.3 Å². The number of nitrogens with two attached hydrogens (primary N) is 1. The summed E-state index contributed by atoms with van der Waals surface area (Å²) in [6, 6.07) is 0. The van der Waals surface area contributed by atoms with Crippen molar-refractivity contribution in [2.45, 2.75) is 32.2 Å². The van der Waals surface area contributed by atoms with Crippen LogP contribution in [0.1, 0.15) is 30.3 Å². The van der Waals surface area contributed by atoms with E-state index >= 15 is 0 Å². The Labute approximate surface area is 112 Å². The molecule has 2 aromatic rings. The second-order valence-corrected chi connectivity index (χ2v) is 5.07. The van der Waals surface area contributed by atoms with Gasteiger partial charge < -0.3 is 10.3 Å². The molecule has 0 radical (unpaired) electrons. The average molecular weight is 255 g/mol. The molecule has 98 valence electrons. The minimum atomic E-state index is 0.476. The Morgan fingerprint density at radius 1 is 1.53 bits per heavy atom. The second-order valence-electron chi connectivity index (χ2n) is 5.07. The van der Waals surface area contributed by atoms with Gasteiger partial charge in [0.2, 0.25) is 0 Å². The fourth-order valence-electron chi connectivity index (χ4n) is 2.42. The van der Waals surface area contributed by atoms with Gasteiger partial charge in [-0.25, -0.2) is 4.98 Å². The van der Waals surface area contributed by atoms with E-state index in [1.807, 2.05) is 24.7 Å². The first kappa shape index (κ1) is 11.8. The lowest BCUT2D eigenvalue weighted by molar-refractivity contribution is 0.756. The molecule has 1 aliphatic carbocycles. The first-order valence-corrected chi connectivity index (χ1v) is 6.41. The Hall–Kier alpha value is -2.22. The molecule has 2 N–H and O–H groups in total. The van der Waals surface area contributed by atoms with Crippen molar-refractivity contribution in [3.8, 4) is 23.6 Å². The Kier molecular flexibility index (Phi) is 2.59. The van der Waals surface area contributed by atoms with Gasteiger partial charge in [-0.05, 0) is 19.8 Å². The van der Waals surface area contributed by atoms with Crippen LogP contribution in [-0.2, 0) is 13.6 Å². The molecule has 0 atom stereocenters. The lowest BCUT2D eigenvalue weighted by Gasteiger charge is -2.04. The number of aryl methyl sites for hydroxylation is 2. The molecule has 1 aliphatic rings. The number of hydrogen-bond donors (Lipinski definition) is 1. The van der Waals surface area contributed by atoms with Gasteiger partial charge in [0.25, 0.3) is 0 Å². The van der Waals surface area contributed by atoms with Gasteiger partial charge in [-0.2, -0.15) is 5.10 Å². The summed E-state index contributed by atoms with van der Waals surface area (Å²) >= 11 is 0. The van der Waals surface area contributed by atoms with Gasteiger partial charge in [-0.3, -0.25) is 4.68 Å². The van der Waals surface area contributed by atoms with Gasteiger partial charge >= 0.3 is 0 Å². The Balaban J connectivity index is 2.14. The van der Waals surface area contributed by atoms with Crippen LogP contribution in [0.4, 0.5) is 5.82 Å². The highest BCUT2D eigenvalue weighted by molar-refractivity contribution is 5.72. The minimum absolute atomic E-state index is 0.476. The van der Waals surface area contributed by atoms with Crippen LogP contribution >= 0.6 is 0 Å². The minimum Gasteiger partial charge on any atom is -0.383 e. The highest BCUT2D eigenvalue weighted by Gasteiger charge is 2.31. The molecule has 2 aromatic heterocycles. The van der Waals surface area contributed by atoms with Gasteiger partial charge in [-0.15, -0.1) is 6.42 Å². The Morgan fingerprint density at radius 2 is 2.26 bits per heavy atom. The number of hydrogen-bond acceptors (Lipinski definition) is 3. The third-order valence-electron chi connectivity index (χ3n) is 3.50. The molecule has 0 saturated heterocycles. The zero-order chi connectivity index (χ0) is 13.6. The van der Waals surface area contributed by atoms with Crippen molar-refractivity contribution in [3.05, 3.63) is 17.7 Å². The van der Waals surface area contributed by atoms with Crippen LogP contribution < -0.4 is 5.73 Å². The van der Waals surface area contributed by atoms with Crippen LogP contribution in [0.2, 0.25) is 0 Å². The first-order chi connectivity index (χ1) is 9.11. The molecule has 19 heavy (non-hydrogen) atoms. The predicted octanol–water partition coefficient (Wildman–Crippen LogP) is 1.68. The van der Waals surface area contributed by atoms with Crippen LogP contribution in [0.5, 0.6) is 0 Å². The van der Waals surface area contributed by atoms with Crippen LogP contribution in [0.25, 0.3) is 11.3 Å². The molecule has 3 rings (SSSR count). The maximum absolute atomic E-state index is 6.23. The maximum atomic E-state index is 6.23. The molecule has 5 nitrogen and oxygen atoms in total. The fourth-order valence-corrected chi connectivity index (χ4v) is 2.42. The third-order valence-corrected chi connectivity index (χ3v) is 3.50. The van der Waals surface area contributed by atoms with E-state index in [1.54, 1.807) is 4.68 Å². The molecular formula is C14H17N5. The Morgan fingerprint density at radius 3 is 2.79 bits per heavy atom. The topological polar surface area (TPSA) is 61.7 Å². The van der Waals surface area contributed by atoms with Crippen LogP contribution in [0, 0.1) is 19.3 Å². The van der Waals surface area contributed by atoms with Crippen LogP contribution in [-0.4, -0.2) is 19.3 Å². The molecule has 1 saturated carbocycles. The SMILES string of the molecule is C#CCn1c(C2CC2)nc(-c2cn(C)nc2C)c1N. The highest BCUT2D eigenvalue weighted by atomic mass is 15.3. The largest absolute Gasteiger partial charge is 0.383 e. The lowest BCUT2D eigenvalue weighted by Crippen LogP contribution is -2.05. The second kappa shape index (κ2) is 4.16. The summed E-state index contributed by atoms with van der Waals surface area (Å²) in [6.45, 7) is 2.44. The quantitative estimate of drug-likeness (QED) is 0.849. The molecular weight excluding hydrogens is 238 g/mol. The highest BCUT2D eigenvalue weighted by Crippen LogP contribution is 2.42. The monoisotopic (exact) mass is 255 g/mol. The van der Waals surface area contributed by atoms with Crippen LogP contribution in [0.3, 0.4) is 0 Å². The van der Waals surface area contributed by atoms with Crippen molar-refractivity contribution in [2.24, 2.45) is 7.05 Å². The molecule has 2 heterocycles. The Bertz CT molecular complexity index is 667. The van der Waals surface area contributed by atoms with E-state index in [2.05, 4.69) is 11.0 Å². The lowest BCUT2D eigenvalue weighted by atomic mass is 10.2. The van der Waals surface area contributed by atoms with E-state index in [0.29, 0.717) is 18.3 Å². The molecule has 0 spiro atoms. The number of anilines is 1. The van der Waals surface area contributed by atoms with Gasteiger partial charge in [0, 0.05) is 24.7 Å². The molecule has 0 amide bonds. The van der Waals surface area contributed by atoms with Crippen molar-refractivity contribution < 1.29 is 0 Å². The van der Waals surface area contributed by atoms with Gasteiger partial charge in [0.15, 0.2) is 0 Å². The fraction of sp³-hybridized carbons (Fsp3) is 0.429. The summed E-state index contributed by atoms with van der Waals surface area (Å²) in [5.41, 5.74) is 8.96. The smallest absolute Gasteiger partial charge is 0.132 e.